The fourth-order valence-corrected chi connectivity index (χ4v) is 3.13. The second-order valence-corrected chi connectivity index (χ2v) is 7.57. The Bertz CT molecular complexity index is 765. The molecule has 1 aromatic rings. The molecule has 0 radical (unpaired) electrons. The van der Waals surface area contributed by atoms with Gasteiger partial charge in [0.05, 0.1) is 15.7 Å². The number of nitrogens with zero attached hydrogens (tertiary/aromatic N) is 1. The highest BCUT2D eigenvalue weighted by Crippen LogP contribution is 2.37. The topological polar surface area (TPSA) is 116 Å². The molecular formula is C13H16F3N3O3S. The molecule has 4 N–H and O–H groups in total. The van der Waals surface area contributed by atoms with Crippen LogP contribution in [0.3, 0.4) is 0 Å². The predicted molar refractivity (Wildman–Crippen MR) is 78.6 cm³/mol. The van der Waals surface area contributed by atoms with Crippen LogP contribution < -0.4 is 11.5 Å². The first kappa shape index (κ1) is 18.9. The summed E-state index contributed by atoms with van der Waals surface area (Å²) in [5, 5.41) is -1.05. The molecule has 0 aliphatic rings. The summed E-state index contributed by atoms with van der Waals surface area (Å²) in [6, 6.07) is 1.27. The van der Waals surface area contributed by atoms with E-state index in [0.29, 0.717) is 6.07 Å². The van der Waals surface area contributed by atoms with Crippen molar-refractivity contribution in [1.29, 1.82) is 0 Å². The molecule has 0 saturated carbocycles. The molecule has 0 unspecified atom stereocenters. The maximum absolute atomic E-state index is 13.2. The van der Waals surface area contributed by atoms with E-state index in [0.717, 1.165) is 6.07 Å². The summed E-state index contributed by atoms with van der Waals surface area (Å²) in [4.78, 5) is 14.1. The molecular weight excluding hydrogens is 335 g/mol. The van der Waals surface area contributed by atoms with E-state index in [9.17, 15) is 26.4 Å². The number of benzene rings is 1. The van der Waals surface area contributed by atoms with Gasteiger partial charge in [-0.05, 0) is 38.5 Å². The molecule has 1 rings (SSSR count). The van der Waals surface area contributed by atoms with Crippen LogP contribution in [0, 0.1) is 6.92 Å². The summed E-state index contributed by atoms with van der Waals surface area (Å²) in [6.45, 7) is 3.83. The molecule has 0 bridgehead atoms. The highest BCUT2D eigenvalue weighted by Gasteiger charge is 2.39. The zero-order chi connectivity index (χ0) is 18.2. The van der Waals surface area contributed by atoms with Crippen LogP contribution in [-0.2, 0) is 16.0 Å². The Morgan fingerprint density at radius 1 is 1.22 bits per heavy atom. The number of carbonyl (C=O) groups excluding carboxylic acids is 1. The minimum absolute atomic E-state index is 0.0206. The van der Waals surface area contributed by atoms with Crippen LogP contribution in [0.2, 0.25) is 0 Å². The number of hydrogen-bond acceptors (Lipinski definition) is 3. The molecule has 0 aromatic heterocycles. The number of hydrogen-bond donors (Lipinski definition) is 2. The average molecular weight is 351 g/mol. The molecule has 0 saturated heterocycles. The molecule has 6 nitrogen and oxygen atoms in total. The summed E-state index contributed by atoms with van der Waals surface area (Å²) in [5.74, 6) is -1.69. The molecule has 10 heteroatoms. The molecule has 0 heterocycles. The van der Waals surface area contributed by atoms with Gasteiger partial charge in [-0.1, -0.05) is 0 Å². The Kier molecular flexibility index (Phi) is 5.10. The highest BCUT2D eigenvalue weighted by molar-refractivity contribution is 7.92. The number of amides is 1. The summed E-state index contributed by atoms with van der Waals surface area (Å²) >= 11 is 0. The third kappa shape index (κ3) is 4.01. The van der Waals surface area contributed by atoms with Gasteiger partial charge in [-0.3, -0.25) is 4.79 Å². The van der Waals surface area contributed by atoms with Gasteiger partial charge in [-0.2, -0.15) is 18.2 Å². The van der Waals surface area contributed by atoms with Crippen molar-refractivity contribution in [3.63, 3.8) is 0 Å². The maximum Gasteiger partial charge on any atom is 0.417 e. The Hall–Kier alpha value is -2.10. The van der Waals surface area contributed by atoms with Gasteiger partial charge in [-0.25, -0.2) is 8.42 Å². The molecule has 128 valence electrons. The van der Waals surface area contributed by atoms with Crippen molar-refractivity contribution in [3.05, 3.63) is 28.8 Å². The number of guanidine groups is 1. The minimum atomic E-state index is -4.96. The van der Waals surface area contributed by atoms with Crippen molar-refractivity contribution in [1.82, 2.24) is 0 Å². The first-order chi connectivity index (χ1) is 10.3. The van der Waals surface area contributed by atoms with Crippen molar-refractivity contribution < 1.29 is 26.4 Å². The van der Waals surface area contributed by atoms with Crippen molar-refractivity contribution in [2.24, 2.45) is 16.5 Å². The first-order valence-electron chi connectivity index (χ1n) is 6.38. The van der Waals surface area contributed by atoms with Gasteiger partial charge in [0.25, 0.3) is 5.91 Å². The van der Waals surface area contributed by atoms with Crippen LogP contribution >= 0.6 is 0 Å². The second-order valence-electron chi connectivity index (χ2n) is 5.10. The second kappa shape index (κ2) is 6.19. The lowest BCUT2D eigenvalue weighted by molar-refractivity contribution is -0.139. The van der Waals surface area contributed by atoms with Gasteiger partial charge in [0.15, 0.2) is 15.8 Å². The van der Waals surface area contributed by atoms with E-state index in [2.05, 4.69) is 4.99 Å². The summed E-state index contributed by atoms with van der Waals surface area (Å²) < 4.78 is 64.0. The number of carbonyl (C=O) groups is 1. The maximum atomic E-state index is 13.2. The molecule has 1 aromatic carbocycles. The number of sulfone groups is 1. The van der Waals surface area contributed by atoms with Crippen LogP contribution in [0.4, 0.5) is 13.2 Å². The molecule has 0 spiro atoms. The fraction of sp³-hybridized carbons (Fsp3) is 0.385. The number of nitrogens with two attached hydrogens (primary N) is 2. The van der Waals surface area contributed by atoms with E-state index in [1.54, 1.807) is 0 Å². The number of alkyl halides is 3. The monoisotopic (exact) mass is 351 g/mol. The van der Waals surface area contributed by atoms with E-state index in [4.69, 9.17) is 11.5 Å². The van der Waals surface area contributed by atoms with Gasteiger partial charge in [-0.15, -0.1) is 0 Å². The van der Waals surface area contributed by atoms with Gasteiger partial charge < -0.3 is 11.5 Å². The largest absolute Gasteiger partial charge is 0.417 e. The Morgan fingerprint density at radius 2 is 1.74 bits per heavy atom. The summed E-state index contributed by atoms with van der Waals surface area (Å²) in [6.07, 6.45) is -4.96. The van der Waals surface area contributed by atoms with E-state index >= 15 is 0 Å². The number of halogens is 3. The normalized spacial score (nSPS) is 12.3. The molecule has 0 atom stereocenters. The van der Waals surface area contributed by atoms with E-state index < -0.39 is 49.2 Å². The van der Waals surface area contributed by atoms with Crippen LogP contribution in [-0.4, -0.2) is 25.5 Å². The SMILES string of the molecule is Cc1cc(S(=O)(=O)C(C)C)c(C(F)(F)F)cc1C(=O)N=C(N)N. The van der Waals surface area contributed by atoms with Gasteiger partial charge in [0.1, 0.15) is 0 Å². The van der Waals surface area contributed by atoms with Gasteiger partial charge in [0, 0.05) is 5.56 Å². The number of rotatable bonds is 3. The number of aryl methyl sites for hydroxylation is 1. The Morgan fingerprint density at radius 3 is 2.13 bits per heavy atom. The lowest BCUT2D eigenvalue weighted by Crippen LogP contribution is -2.25. The fourth-order valence-electron chi connectivity index (χ4n) is 1.80. The Labute approximate surface area is 131 Å². The Balaban J connectivity index is 3.75. The molecule has 23 heavy (non-hydrogen) atoms. The molecule has 0 aliphatic carbocycles. The summed E-state index contributed by atoms with van der Waals surface area (Å²) in [5.41, 5.74) is 8.24. The summed E-state index contributed by atoms with van der Waals surface area (Å²) in [7, 11) is -4.20. The van der Waals surface area contributed by atoms with Crippen LogP contribution in [0.5, 0.6) is 0 Å². The third-order valence-electron chi connectivity index (χ3n) is 3.02. The molecule has 1 amide bonds. The average Bonchev–Trinajstić information content (AvgIpc) is 2.35. The molecule has 0 fully saturated rings. The lowest BCUT2D eigenvalue weighted by atomic mass is 10.0. The van der Waals surface area contributed by atoms with E-state index in [-0.39, 0.29) is 5.56 Å². The highest BCUT2D eigenvalue weighted by atomic mass is 32.2. The first-order valence-corrected chi connectivity index (χ1v) is 7.92. The zero-order valence-corrected chi connectivity index (χ0v) is 13.4. The van der Waals surface area contributed by atoms with Crippen LogP contribution in [0.25, 0.3) is 0 Å². The third-order valence-corrected chi connectivity index (χ3v) is 5.21. The van der Waals surface area contributed by atoms with Crippen LogP contribution in [0.15, 0.2) is 22.0 Å². The van der Waals surface area contributed by atoms with Crippen molar-refractivity contribution in [3.8, 4) is 0 Å². The number of aliphatic imine (C=N–C) groups is 1. The van der Waals surface area contributed by atoms with Crippen molar-refractivity contribution >= 4 is 21.7 Å². The predicted octanol–water partition coefficient (Wildman–Crippen LogP) is 1.61. The van der Waals surface area contributed by atoms with Crippen molar-refractivity contribution in [2.75, 3.05) is 0 Å². The van der Waals surface area contributed by atoms with Gasteiger partial charge >= 0.3 is 6.18 Å². The zero-order valence-electron chi connectivity index (χ0n) is 12.6. The standard InChI is InChI=1S/C13H16F3N3O3S/c1-6(2)23(21,22)10-4-7(3)8(11(20)19-12(17)18)5-9(10)13(14,15)16/h4-6H,1-3H3,(H4,17,18,19,20). The van der Waals surface area contributed by atoms with Crippen molar-refractivity contribution in [2.45, 2.75) is 37.1 Å². The van der Waals surface area contributed by atoms with Gasteiger partial charge in [0.2, 0.25) is 0 Å². The minimum Gasteiger partial charge on any atom is -0.370 e. The van der Waals surface area contributed by atoms with Crippen LogP contribution in [0.1, 0.15) is 35.3 Å². The molecule has 0 aliphatic heterocycles. The van der Waals surface area contributed by atoms with E-state index in [1.165, 1.54) is 20.8 Å². The lowest BCUT2D eigenvalue weighted by Gasteiger charge is -2.17. The van der Waals surface area contributed by atoms with E-state index in [1.807, 2.05) is 0 Å². The quantitative estimate of drug-likeness (QED) is 0.634. The smallest absolute Gasteiger partial charge is 0.370 e.